The van der Waals surface area contributed by atoms with Gasteiger partial charge in [0.05, 0.1) is 13.2 Å². The van der Waals surface area contributed by atoms with Crippen LogP contribution in [0.1, 0.15) is 25.7 Å². The standard InChI is InChI=1S/C18H20F2N2O4S/c1-25-18-17(3-2-8-21-18)27(23,24)22-14-4-6-15(7-5-14)26-16-10-12(19)9-13(20)11-16/h2-3,8-11,14-15,22H,4-7H2,1H3. The normalized spacial score (nSPS) is 20.3. The molecule has 0 unspecified atom stereocenters. The quantitative estimate of drug-likeness (QED) is 0.809. The minimum atomic E-state index is -3.77. The zero-order valence-corrected chi connectivity index (χ0v) is 15.5. The van der Waals surface area contributed by atoms with Crippen LogP contribution in [0.25, 0.3) is 0 Å². The van der Waals surface area contributed by atoms with Gasteiger partial charge in [0.15, 0.2) is 0 Å². The minimum Gasteiger partial charge on any atom is -0.490 e. The molecule has 0 spiro atoms. The lowest BCUT2D eigenvalue weighted by atomic mass is 9.94. The summed E-state index contributed by atoms with van der Waals surface area (Å²) in [4.78, 5) is 3.89. The lowest BCUT2D eigenvalue weighted by molar-refractivity contribution is 0.143. The first-order valence-corrected chi connectivity index (χ1v) is 10.00. The molecule has 0 aliphatic heterocycles. The fourth-order valence-corrected chi connectivity index (χ4v) is 4.53. The van der Waals surface area contributed by atoms with Crippen LogP contribution in [0.15, 0.2) is 41.4 Å². The van der Waals surface area contributed by atoms with Crippen molar-refractivity contribution in [3.8, 4) is 11.6 Å². The molecule has 27 heavy (non-hydrogen) atoms. The van der Waals surface area contributed by atoms with Crippen molar-refractivity contribution in [2.75, 3.05) is 7.11 Å². The fourth-order valence-electron chi connectivity index (χ4n) is 3.10. The number of nitrogens with zero attached hydrogens (tertiary/aromatic N) is 1. The van der Waals surface area contributed by atoms with Gasteiger partial charge in [-0.25, -0.2) is 26.9 Å². The molecule has 1 saturated carbocycles. The molecule has 1 N–H and O–H groups in total. The van der Waals surface area contributed by atoms with Gasteiger partial charge in [0.1, 0.15) is 22.3 Å². The molecule has 1 aliphatic carbocycles. The molecule has 9 heteroatoms. The van der Waals surface area contributed by atoms with E-state index in [1.54, 1.807) is 0 Å². The number of sulfonamides is 1. The van der Waals surface area contributed by atoms with Gasteiger partial charge < -0.3 is 9.47 Å². The Bertz CT molecular complexity index is 880. The van der Waals surface area contributed by atoms with Crippen LogP contribution < -0.4 is 14.2 Å². The van der Waals surface area contributed by atoms with Gasteiger partial charge in [-0.3, -0.25) is 0 Å². The summed E-state index contributed by atoms with van der Waals surface area (Å²) in [6.45, 7) is 0. The summed E-state index contributed by atoms with van der Waals surface area (Å²) < 4.78 is 65.0. The minimum absolute atomic E-state index is 0.0129. The summed E-state index contributed by atoms with van der Waals surface area (Å²) in [6, 6.07) is 5.75. The van der Waals surface area contributed by atoms with Crippen molar-refractivity contribution in [1.29, 1.82) is 0 Å². The Morgan fingerprint density at radius 2 is 1.78 bits per heavy atom. The molecule has 0 saturated heterocycles. The van der Waals surface area contributed by atoms with Crippen molar-refractivity contribution < 1.29 is 26.7 Å². The summed E-state index contributed by atoms with van der Waals surface area (Å²) >= 11 is 0. The molecule has 1 fully saturated rings. The second kappa shape index (κ2) is 8.18. The first kappa shape index (κ1) is 19.5. The number of methoxy groups -OCH3 is 1. The van der Waals surface area contributed by atoms with Crippen LogP contribution in [0, 0.1) is 11.6 Å². The van der Waals surface area contributed by atoms with Crippen molar-refractivity contribution in [2.24, 2.45) is 0 Å². The number of hydrogen-bond donors (Lipinski definition) is 1. The molecule has 0 radical (unpaired) electrons. The molecule has 146 valence electrons. The number of pyridine rings is 1. The van der Waals surface area contributed by atoms with E-state index in [4.69, 9.17) is 9.47 Å². The maximum absolute atomic E-state index is 13.2. The van der Waals surface area contributed by atoms with E-state index >= 15 is 0 Å². The number of nitrogens with one attached hydrogen (secondary N) is 1. The van der Waals surface area contributed by atoms with Crippen LogP contribution in [0.4, 0.5) is 8.78 Å². The van der Waals surface area contributed by atoms with Crippen LogP contribution in [0.2, 0.25) is 0 Å². The highest BCUT2D eigenvalue weighted by atomic mass is 32.2. The maximum Gasteiger partial charge on any atom is 0.246 e. The van der Waals surface area contributed by atoms with Crippen molar-refractivity contribution >= 4 is 10.0 Å². The predicted octanol–water partition coefficient (Wildman–Crippen LogP) is 3.04. The monoisotopic (exact) mass is 398 g/mol. The van der Waals surface area contributed by atoms with Crippen molar-refractivity contribution in [1.82, 2.24) is 9.71 Å². The fraction of sp³-hybridized carbons (Fsp3) is 0.389. The Balaban J connectivity index is 1.59. The van der Waals surface area contributed by atoms with E-state index in [9.17, 15) is 17.2 Å². The number of benzene rings is 1. The number of ether oxygens (including phenoxy) is 2. The van der Waals surface area contributed by atoms with Crippen molar-refractivity contribution in [3.05, 3.63) is 48.2 Å². The molecule has 6 nitrogen and oxygen atoms in total. The highest BCUT2D eigenvalue weighted by Crippen LogP contribution is 2.27. The predicted molar refractivity (Wildman–Crippen MR) is 94.1 cm³/mol. The zero-order valence-electron chi connectivity index (χ0n) is 14.7. The van der Waals surface area contributed by atoms with Gasteiger partial charge in [-0.15, -0.1) is 0 Å². The van der Waals surface area contributed by atoms with E-state index < -0.39 is 21.7 Å². The molecular formula is C18H20F2N2O4S. The summed E-state index contributed by atoms with van der Waals surface area (Å²) in [5.74, 6) is -1.22. The van der Waals surface area contributed by atoms with E-state index in [0.717, 1.165) is 18.2 Å². The first-order chi connectivity index (χ1) is 12.9. The number of rotatable bonds is 6. The Labute approximate surface area is 156 Å². The highest BCUT2D eigenvalue weighted by Gasteiger charge is 2.28. The third kappa shape index (κ3) is 4.92. The van der Waals surface area contributed by atoms with Crippen LogP contribution in [0.3, 0.4) is 0 Å². The number of halogens is 2. The van der Waals surface area contributed by atoms with Gasteiger partial charge in [-0.1, -0.05) is 0 Å². The third-order valence-electron chi connectivity index (χ3n) is 4.35. The second-order valence-electron chi connectivity index (χ2n) is 6.33. The summed E-state index contributed by atoms with van der Waals surface area (Å²) in [6.07, 6.45) is 3.45. The van der Waals surface area contributed by atoms with Gasteiger partial charge in [-0.2, -0.15) is 0 Å². The molecule has 1 aromatic carbocycles. The number of hydrogen-bond acceptors (Lipinski definition) is 5. The Hall–Kier alpha value is -2.26. The second-order valence-corrected chi connectivity index (χ2v) is 8.01. The van der Waals surface area contributed by atoms with Crippen molar-refractivity contribution in [2.45, 2.75) is 42.7 Å². The lowest BCUT2D eigenvalue weighted by Gasteiger charge is -2.29. The number of aromatic nitrogens is 1. The van der Waals surface area contributed by atoms with E-state index in [1.165, 1.54) is 25.4 Å². The summed E-state index contributed by atoms with van der Waals surface area (Å²) in [5.41, 5.74) is 0. The van der Waals surface area contributed by atoms with Crippen LogP contribution >= 0.6 is 0 Å². The van der Waals surface area contributed by atoms with Gasteiger partial charge >= 0.3 is 0 Å². The molecule has 1 aromatic heterocycles. The molecule has 2 aromatic rings. The maximum atomic E-state index is 13.2. The van der Waals surface area contributed by atoms with Gasteiger partial charge in [-0.05, 0) is 37.8 Å². The Morgan fingerprint density at radius 3 is 2.41 bits per heavy atom. The Morgan fingerprint density at radius 1 is 1.11 bits per heavy atom. The van der Waals surface area contributed by atoms with Gasteiger partial charge in [0.2, 0.25) is 15.9 Å². The smallest absolute Gasteiger partial charge is 0.246 e. The molecule has 3 rings (SSSR count). The van der Waals surface area contributed by atoms with E-state index in [1.807, 2.05) is 0 Å². The zero-order chi connectivity index (χ0) is 19.4. The highest BCUT2D eigenvalue weighted by molar-refractivity contribution is 7.89. The molecular weight excluding hydrogens is 378 g/mol. The van der Waals surface area contributed by atoms with Crippen LogP contribution in [0.5, 0.6) is 11.6 Å². The first-order valence-electron chi connectivity index (χ1n) is 8.51. The average molecular weight is 398 g/mol. The van der Waals surface area contributed by atoms with Crippen LogP contribution in [-0.4, -0.2) is 32.7 Å². The Kier molecular flexibility index (Phi) is 5.91. The van der Waals surface area contributed by atoms with Gasteiger partial charge in [0, 0.05) is 30.4 Å². The van der Waals surface area contributed by atoms with E-state index in [2.05, 4.69) is 9.71 Å². The van der Waals surface area contributed by atoms with Crippen LogP contribution in [-0.2, 0) is 10.0 Å². The third-order valence-corrected chi connectivity index (χ3v) is 5.89. The van der Waals surface area contributed by atoms with E-state index in [-0.39, 0.29) is 28.7 Å². The topological polar surface area (TPSA) is 77.5 Å². The largest absolute Gasteiger partial charge is 0.490 e. The SMILES string of the molecule is COc1ncccc1S(=O)(=O)NC1CCC(Oc2cc(F)cc(F)c2)CC1. The molecule has 0 atom stereocenters. The van der Waals surface area contributed by atoms with E-state index in [0.29, 0.717) is 25.7 Å². The van der Waals surface area contributed by atoms with Crippen molar-refractivity contribution in [3.63, 3.8) is 0 Å². The molecule has 0 bridgehead atoms. The molecule has 1 aliphatic rings. The van der Waals surface area contributed by atoms with Gasteiger partial charge in [0.25, 0.3) is 0 Å². The summed E-state index contributed by atoms with van der Waals surface area (Å²) in [5, 5.41) is 0. The molecule has 0 amide bonds. The average Bonchev–Trinajstić information content (AvgIpc) is 2.62. The summed E-state index contributed by atoms with van der Waals surface area (Å²) in [7, 11) is -2.41. The molecule has 1 heterocycles. The lowest BCUT2D eigenvalue weighted by Crippen LogP contribution is -2.39.